The van der Waals surface area contributed by atoms with Gasteiger partial charge in [-0.25, -0.2) is 4.98 Å². The van der Waals surface area contributed by atoms with Gasteiger partial charge in [0, 0.05) is 37.6 Å². The molecule has 1 aliphatic rings. The number of hydrogen-bond donors (Lipinski definition) is 0. The third kappa shape index (κ3) is 2.15. The first kappa shape index (κ1) is 11.7. The highest BCUT2D eigenvalue weighted by Gasteiger charge is 2.19. The maximum atomic E-state index is 8.88. The largest absolute Gasteiger partial charge is 0.352 e. The van der Waals surface area contributed by atoms with E-state index in [0.717, 1.165) is 30.9 Å². The Hall–Kier alpha value is -2.41. The van der Waals surface area contributed by atoms with Gasteiger partial charge in [0.2, 0.25) is 0 Å². The highest BCUT2D eigenvalue weighted by atomic mass is 15.2. The monoisotopic (exact) mass is 250 g/mol. The third-order valence-corrected chi connectivity index (χ3v) is 3.44. The van der Waals surface area contributed by atoms with Gasteiger partial charge in [-0.15, -0.1) is 0 Å². The summed E-state index contributed by atoms with van der Waals surface area (Å²) in [7, 11) is 0. The van der Waals surface area contributed by atoms with E-state index in [9.17, 15) is 0 Å². The lowest BCUT2D eigenvalue weighted by Gasteiger charge is -2.30. The van der Waals surface area contributed by atoms with Crippen LogP contribution in [0.15, 0.2) is 30.6 Å². The average molecular weight is 250 g/mol. The number of pyridine rings is 2. The molecule has 2 aromatic heterocycles. The van der Waals surface area contributed by atoms with Crippen molar-refractivity contribution in [3.63, 3.8) is 0 Å². The van der Waals surface area contributed by atoms with E-state index in [-0.39, 0.29) is 0 Å². The van der Waals surface area contributed by atoms with Gasteiger partial charge in [-0.2, -0.15) is 5.26 Å². The number of nitriles is 1. The van der Waals surface area contributed by atoms with Crippen molar-refractivity contribution in [3.05, 3.63) is 53.0 Å². The first-order chi connectivity index (χ1) is 9.28. The van der Waals surface area contributed by atoms with Gasteiger partial charge >= 0.3 is 0 Å². The lowest BCUT2D eigenvalue weighted by Crippen LogP contribution is -2.32. The van der Waals surface area contributed by atoms with Gasteiger partial charge in [0.1, 0.15) is 11.9 Å². The predicted octanol–water partition coefficient (Wildman–Crippen LogP) is 2.22. The van der Waals surface area contributed by atoms with Crippen molar-refractivity contribution < 1.29 is 0 Å². The number of anilines is 1. The first-order valence-corrected chi connectivity index (χ1v) is 6.32. The van der Waals surface area contributed by atoms with E-state index in [4.69, 9.17) is 5.26 Å². The predicted molar refractivity (Wildman–Crippen MR) is 72.7 cm³/mol. The van der Waals surface area contributed by atoms with Gasteiger partial charge in [-0.1, -0.05) is 6.07 Å². The molecule has 2 aromatic rings. The second kappa shape index (κ2) is 4.69. The van der Waals surface area contributed by atoms with E-state index < -0.39 is 0 Å². The smallest absolute Gasteiger partial charge is 0.131 e. The van der Waals surface area contributed by atoms with Crippen LogP contribution in [-0.2, 0) is 13.0 Å². The van der Waals surface area contributed by atoms with Crippen molar-refractivity contribution in [2.24, 2.45) is 0 Å². The van der Waals surface area contributed by atoms with Gasteiger partial charge in [0.25, 0.3) is 0 Å². The van der Waals surface area contributed by atoms with E-state index in [2.05, 4.69) is 27.0 Å². The summed E-state index contributed by atoms with van der Waals surface area (Å²) in [5.74, 6) is 0.966. The summed E-state index contributed by atoms with van der Waals surface area (Å²) >= 11 is 0. The fraction of sp³-hybridized carbons (Fsp3) is 0.267. The molecule has 3 rings (SSSR count). The zero-order valence-electron chi connectivity index (χ0n) is 10.8. The Labute approximate surface area is 112 Å². The highest BCUT2D eigenvalue weighted by Crippen LogP contribution is 2.24. The molecule has 4 heteroatoms. The Balaban J connectivity index is 1.91. The molecule has 0 N–H and O–H groups in total. The summed E-state index contributed by atoms with van der Waals surface area (Å²) in [4.78, 5) is 11.1. The molecule has 0 aliphatic carbocycles. The summed E-state index contributed by atoms with van der Waals surface area (Å²) in [6.45, 7) is 3.76. The Bertz CT molecular complexity index is 657. The number of nitrogens with zero attached hydrogens (tertiary/aromatic N) is 4. The molecule has 3 heterocycles. The fourth-order valence-electron chi connectivity index (χ4n) is 2.51. The second-order valence-corrected chi connectivity index (χ2v) is 4.76. The topological polar surface area (TPSA) is 52.8 Å². The molecule has 0 bridgehead atoms. The summed E-state index contributed by atoms with van der Waals surface area (Å²) < 4.78 is 0. The number of hydrogen-bond acceptors (Lipinski definition) is 4. The summed E-state index contributed by atoms with van der Waals surface area (Å²) in [6.07, 6.45) is 4.43. The number of rotatable bonds is 1. The van der Waals surface area contributed by atoms with E-state index in [1.807, 2.05) is 25.3 Å². The van der Waals surface area contributed by atoms with Crippen LogP contribution in [0.4, 0.5) is 5.82 Å². The molecule has 0 saturated carbocycles. The molecule has 94 valence electrons. The van der Waals surface area contributed by atoms with Crippen LogP contribution < -0.4 is 4.90 Å². The van der Waals surface area contributed by atoms with E-state index in [1.165, 1.54) is 11.3 Å². The maximum Gasteiger partial charge on any atom is 0.131 e. The molecular formula is C15H14N4. The van der Waals surface area contributed by atoms with Crippen LogP contribution in [-0.4, -0.2) is 16.5 Å². The molecule has 19 heavy (non-hydrogen) atoms. The summed E-state index contributed by atoms with van der Waals surface area (Å²) in [5, 5.41) is 8.88. The number of aryl methyl sites for hydroxylation is 1. The number of fused-ring (bicyclic) bond motifs is 1. The van der Waals surface area contributed by atoms with Crippen molar-refractivity contribution in [1.82, 2.24) is 9.97 Å². The zero-order valence-corrected chi connectivity index (χ0v) is 10.8. The maximum absolute atomic E-state index is 8.88. The minimum atomic E-state index is 0.611. The van der Waals surface area contributed by atoms with E-state index in [1.54, 1.807) is 6.20 Å². The molecule has 4 nitrogen and oxygen atoms in total. The third-order valence-electron chi connectivity index (χ3n) is 3.44. The van der Waals surface area contributed by atoms with Gasteiger partial charge in [-0.05, 0) is 30.2 Å². The van der Waals surface area contributed by atoms with Crippen LogP contribution >= 0.6 is 0 Å². The van der Waals surface area contributed by atoms with Gasteiger partial charge in [-0.3, -0.25) is 4.98 Å². The van der Waals surface area contributed by atoms with Crippen LogP contribution in [0.2, 0.25) is 0 Å². The molecular weight excluding hydrogens is 236 g/mol. The van der Waals surface area contributed by atoms with Crippen LogP contribution in [0.1, 0.15) is 22.4 Å². The molecule has 0 aromatic carbocycles. The van der Waals surface area contributed by atoms with Gasteiger partial charge in [0.15, 0.2) is 0 Å². The van der Waals surface area contributed by atoms with Crippen molar-refractivity contribution in [1.29, 1.82) is 5.26 Å². The molecule has 0 amide bonds. The Morgan fingerprint density at radius 1 is 1.37 bits per heavy atom. The quantitative estimate of drug-likeness (QED) is 0.778. The average Bonchev–Trinajstić information content (AvgIpc) is 2.46. The zero-order chi connectivity index (χ0) is 13.2. The van der Waals surface area contributed by atoms with Crippen molar-refractivity contribution in [3.8, 4) is 6.07 Å². The summed E-state index contributed by atoms with van der Waals surface area (Å²) in [5.41, 5.74) is 4.11. The van der Waals surface area contributed by atoms with Crippen LogP contribution in [0.25, 0.3) is 0 Å². The van der Waals surface area contributed by atoms with Gasteiger partial charge < -0.3 is 4.90 Å². The first-order valence-electron chi connectivity index (χ1n) is 6.32. The van der Waals surface area contributed by atoms with Crippen molar-refractivity contribution >= 4 is 5.82 Å². The number of aromatic nitrogens is 2. The minimum Gasteiger partial charge on any atom is -0.352 e. The molecule has 0 atom stereocenters. The Morgan fingerprint density at radius 3 is 3.05 bits per heavy atom. The normalized spacial score (nSPS) is 13.8. The molecule has 0 radical (unpaired) electrons. The molecule has 1 aliphatic heterocycles. The molecule has 0 saturated heterocycles. The van der Waals surface area contributed by atoms with Crippen molar-refractivity contribution in [2.75, 3.05) is 11.4 Å². The van der Waals surface area contributed by atoms with Crippen molar-refractivity contribution in [2.45, 2.75) is 19.9 Å². The molecule has 0 unspecified atom stereocenters. The van der Waals surface area contributed by atoms with E-state index in [0.29, 0.717) is 5.56 Å². The Kier molecular flexibility index (Phi) is 2.88. The summed E-state index contributed by atoms with van der Waals surface area (Å²) in [6, 6.07) is 8.10. The Morgan fingerprint density at radius 2 is 2.26 bits per heavy atom. The highest BCUT2D eigenvalue weighted by molar-refractivity contribution is 5.51. The van der Waals surface area contributed by atoms with Crippen LogP contribution in [0.5, 0.6) is 0 Å². The van der Waals surface area contributed by atoms with Crippen LogP contribution in [0.3, 0.4) is 0 Å². The standard InChI is InChI=1S/C15H14N4/c1-11-7-12(8-16)9-18-15(11)19-6-4-14-13(10-19)3-2-5-17-14/h2-3,5,7,9H,4,6,10H2,1H3. The SMILES string of the molecule is Cc1cc(C#N)cnc1N1CCc2ncccc2C1. The lowest BCUT2D eigenvalue weighted by atomic mass is 10.1. The minimum absolute atomic E-state index is 0.611. The second-order valence-electron chi connectivity index (χ2n) is 4.76. The lowest BCUT2D eigenvalue weighted by molar-refractivity contribution is 0.700. The van der Waals surface area contributed by atoms with E-state index >= 15 is 0 Å². The van der Waals surface area contributed by atoms with Crippen LogP contribution in [0, 0.1) is 18.3 Å². The van der Waals surface area contributed by atoms with Gasteiger partial charge in [0.05, 0.1) is 5.56 Å². The molecule has 0 fully saturated rings. The fourth-order valence-corrected chi connectivity index (χ4v) is 2.51. The molecule has 0 spiro atoms.